The number of nitrogens with zero attached hydrogens (tertiary/aromatic N) is 2. The third kappa shape index (κ3) is 5.31. The van der Waals surface area contributed by atoms with E-state index < -0.39 is 29.4 Å². The van der Waals surface area contributed by atoms with Crippen molar-refractivity contribution in [1.82, 2.24) is 15.1 Å². The number of carbonyl (C=O) groups is 5. The summed E-state index contributed by atoms with van der Waals surface area (Å²) in [5.74, 6) is -1.41. The fourth-order valence-corrected chi connectivity index (χ4v) is 4.77. The lowest BCUT2D eigenvalue weighted by Crippen LogP contribution is -2.55. The second-order valence-electron chi connectivity index (χ2n) is 10.3. The molecule has 0 spiro atoms. The van der Waals surface area contributed by atoms with Crippen LogP contribution in [-0.2, 0) is 14.3 Å². The van der Waals surface area contributed by atoms with E-state index in [1.165, 1.54) is 0 Å². The number of ether oxygens (including phenoxy) is 1. The monoisotopic (exact) mass is 484 g/mol. The zero-order chi connectivity index (χ0) is 25.3. The highest BCUT2D eigenvalue weighted by Crippen LogP contribution is 2.32. The van der Waals surface area contributed by atoms with Gasteiger partial charge in [0.1, 0.15) is 11.6 Å². The molecular formula is C25H32N4O6. The highest BCUT2D eigenvalue weighted by atomic mass is 16.6. The molecule has 4 amide bonds. The lowest BCUT2D eigenvalue weighted by molar-refractivity contribution is -0.133. The maximum Gasteiger partial charge on any atom is 0.410 e. The number of fused-ring (bicyclic) bond motifs is 1. The molecule has 2 N–H and O–H groups in total. The maximum absolute atomic E-state index is 13.2. The number of carbonyl (C=O) groups excluding carboxylic acids is 5. The molecule has 10 nitrogen and oxygen atoms in total. The lowest BCUT2D eigenvalue weighted by Gasteiger charge is -2.33. The number of amides is 4. The van der Waals surface area contributed by atoms with Crippen LogP contribution in [0.15, 0.2) is 18.2 Å². The number of anilines is 1. The molecule has 0 saturated carbocycles. The zero-order valence-electron chi connectivity index (χ0n) is 20.4. The van der Waals surface area contributed by atoms with Gasteiger partial charge in [0.15, 0.2) is 5.78 Å². The van der Waals surface area contributed by atoms with Gasteiger partial charge in [-0.1, -0.05) is 6.07 Å². The summed E-state index contributed by atoms with van der Waals surface area (Å²) < 4.78 is 5.45. The van der Waals surface area contributed by atoms with Gasteiger partial charge in [-0.25, -0.2) is 4.79 Å². The van der Waals surface area contributed by atoms with Crippen LogP contribution < -0.4 is 10.6 Å². The van der Waals surface area contributed by atoms with E-state index in [2.05, 4.69) is 10.6 Å². The molecule has 2 saturated heterocycles. The second-order valence-corrected chi connectivity index (χ2v) is 10.3. The van der Waals surface area contributed by atoms with Crippen molar-refractivity contribution < 1.29 is 28.7 Å². The zero-order valence-corrected chi connectivity index (χ0v) is 20.4. The van der Waals surface area contributed by atoms with Crippen molar-refractivity contribution in [2.45, 2.75) is 58.1 Å². The first kappa shape index (κ1) is 24.7. The van der Waals surface area contributed by atoms with E-state index >= 15 is 0 Å². The van der Waals surface area contributed by atoms with Gasteiger partial charge in [-0.05, 0) is 58.1 Å². The standard InChI is InChI=1S/C25H32N4O6/c1-25(2,3)35-24(34)28-11-8-15(9-12-28)7-10-26-18-6-4-5-17-20(18)23(33)29(22(17)32)19-13-16(30)14-27-21(19)31/h4-6,15,19,26H,7-14H2,1-3H3,(H,27,31). The molecule has 4 rings (SSSR count). The van der Waals surface area contributed by atoms with Gasteiger partial charge in [0, 0.05) is 31.7 Å². The van der Waals surface area contributed by atoms with Gasteiger partial charge >= 0.3 is 6.09 Å². The molecule has 10 heteroatoms. The average Bonchev–Trinajstić information content (AvgIpc) is 3.05. The van der Waals surface area contributed by atoms with E-state index in [4.69, 9.17) is 4.74 Å². The Morgan fingerprint density at radius 3 is 2.51 bits per heavy atom. The van der Waals surface area contributed by atoms with Crippen molar-refractivity contribution in [3.63, 3.8) is 0 Å². The summed E-state index contributed by atoms with van der Waals surface area (Å²) in [5, 5.41) is 5.73. The molecule has 0 aromatic heterocycles. The minimum Gasteiger partial charge on any atom is -0.444 e. The quantitative estimate of drug-likeness (QED) is 0.614. The van der Waals surface area contributed by atoms with Crippen LogP contribution in [0.5, 0.6) is 0 Å². The summed E-state index contributed by atoms with van der Waals surface area (Å²) in [6.07, 6.45) is 2.13. The smallest absolute Gasteiger partial charge is 0.410 e. The SMILES string of the molecule is CC(C)(C)OC(=O)N1CCC(CCNc2cccc3c2C(=O)N(C2CC(=O)CNC2=O)C3=O)CC1. The molecule has 3 aliphatic heterocycles. The first-order valence-electron chi connectivity index (χ1n) is 12.1. The molecule has 3 heterocycles. The maximum atomic E-state index is 13.2. The molecule has 0 radical (unpaired) electrons. The predicted octanol–water partition coefficient (Wildman–Crippen LogP) is 2.19. The molecule has 1 aromatic rings. The highest BCUT2D eigenvalue weighted by molar-refractivity contribution is 6.25. The number of piperidine rings is 2. The van der Waals surface area contributed by atoms with Gasteiger partial charge in [-0.15, -0.1) is 0 Å². The van der Waals surface area contributed by atoms with Crippen LogP contribution in [0.1, 0.15) is 67.2 Å². The molecule has 35 heavy (non-hydrogen) atoms. The molecule has 0 bridgehead atoms. The third-order valence-corrected chi connectivity index (χ3v) is 6.58. The molecule has 1 aromatic carbocycles. The third-order valence-electron chi connectivity index (χ3n) is 6.58. The van der Waals surface area contributed by atoms with E-state index in [0.717, 1.165) is 24.2 Å². The number of likely N-dealkylation sites (tertiary alicyclic amines) is 1. The van der Waals surface area contributed by atoms with Gasteiger partial charge in [-0.3, -0.25) is 24.1 Å². The Hall–Kier alpha value is -3.43. The Labute approximate surface area is 204 Å². The predicted molar refractivity (Wildman–Crippen MR) is 127 cm³/mol. The second kappa shape index (κ2) is 9.67. The van der Waals surface area contributed by atoms with Gasteiger partial charge in [0.25, 0.3) is 11.8 Å². The average molecular weight is 485 g/mol. The van der Waals surface area contributed by atoms with Crippen molar-refractivity contribution in [3.8, 4) is 0 Å². The van der Waals surface area contributed by atoms with Crippen LogP contribution in [0.25, 0.3) is 0 Å². The fraction of sp³-hybridized carbons (Fsp3) is 0.560. The van der Waals surface area contributed by atoms with Crippen LogP contribution >= 0.6 is 0 Å². The van der Waals surface area contributed by atoms with Crippen LogP contribution in [0.4, 0.5) is 10.5 Å². The van der Waals surface area contributed by atoms with Crippen LogP contribution in [-0.4, -0.2) is 77.2 Å². The Morgan fingerprint density at radius 1 is 1.11 bits per heavy atom. The molecule has 1 atom stereocenters. The van der Waals surface area contributed by atoms with Crippen molar-refractivity contribution >= 4 is 35.3 Å². The lowest BCUT2D eigenvalue weighted by atomic mass is 9.93. The molecule has 0 aliphatic carbocycles. The Bertz CT molecular complexity index is 1050. The molecule has 188 valence electrons. The minimum atomic E-state index is -1.12. The number of benzene rings is 1. The molecule has 3 aliphatic rings. The Balaban J connectivity index is 1.34. The topological polar surface area (TPSA) is 125 Å². The summed E-state index contributed by atoms with van der Waals surface area (Å²) >= 11 is 0. The van der Waals surface area contributed by atoms with Crippen molar-refractivity contribution in [3.05, 3.63) is 29.3 Å². The Kier molecular flexibility index (Phi) is 6.82. The van der Waals surface area contributed by atoms with Crippen LogP contribution in [0.2, 0.25) is 0 Å². The fourth-order valence-electron chi connectivity index (χ4n) is 4.77. The van der Waals surface area contributed by atoms with Crippen molar-refractivity contribution in [1.29, 1.82) is 0 Å². The van der Waals surface area contributed by atoms with E-state index in [1.54, 1.807) is 23.1 Å². The van der Waals surface area contributed by atoms with Gasteiger partial charge in [-0.2, -0.15) is 0 Å². The van der Waals surface area contributed by atoms with Gasteiger partial charge < -0.3 is 20.3 Å². The van der Waals surface area contributed by atoms with E-state index in [-0.39, 0.29) is 36.0 Å². The van der Waals surface area contributed by atoms with Gasteiger partial charge in [0.2, 0.25) is 5.91 Å². The normalized spacial score (nSPS) is 21.2. The number of ketones is 1. The number of hydrogen-bond acceptors (Lipinski definition) is 7. The molecule has 2 fully saturated rings. The van der Waals surface area contributed by atoms with Crippen molar-refractivity contribution in [2.75, 3.05) is 31.5 Å². The largest absolute Gasteiger partial charge is 0.444 e. The number of rotatable bonds is 5. The summed E-state index contributed by atoms with van der Waals surface area (Å²) in [6.45, 7) is 7.36. The van der Waals surface area contributed by atoms with E-state index in [0.29, 0.717) is 31.2 Å². The number of Topliss-reactive ketones (excluding diaryl/α,β-unsaturated/α-hetero) is 1. The summed E-state index contributed by atoms with van der Waals surface area (Å²) in [6, 6.07) is 3.88. The van der Waals surface area contributed by atoms with E-state index in [1.807, 2.05) is 20.8 Å². The van der Waals surface area contributed by atoms with E-state index in [9.17, 15) is 24.0 Å². The van der Waals surface area contributed by atoms with Crippen LogP contribution in [0, 0.1) is 5.92 Å². The first-order valence-corrected chi connectivity index (χ1v) is 12.1. The number of hydrogen-bond donors (Lipinski definition) is 2. The Morgan fingerprint density at radius 2 is 1.83 bits per heavy atom. The first-order chi connectivity index (χ1) is 16.5. The van der Waals surface area contributed by atoms with Gasteiger partial charge in [0.05, 0.1) is 17.7 Å². The summed E-state index contributed by atoms with van der Waals surface area (Å²) in [4.78, 5) is 65.1. The molecular weight excluding hydrogens is 452 g/mol. The highest BCUT2D eigenvalue weighted by Gasteiger charge is 2.46. The summed E-state index contributed by atoms with van der Waals surface area (Å²) in [7, 11) is 0. The minimum absolute atomic E-state index is 0.0813. The number of imide groups is 1. The molecule has 1 unspecified atom stereocenters. The number of nitrogens with one attached hydrogen (secondary N) is 2. The van der Waals surface area contributed by atoms with Crippen molar-refractivity contribution in [2.24, 2.45) is 5.92 Å². The summed E-state index contributed by atoms with van der Waals surface area (Å²) in [5.41, 5.74) is 0.495. The van der Waals surface area contributed by atoms with Crippen LogP contribution in [0.3, 0.4) is 0 Å².